The van der Waals surface area contributed by atoms with Crippen LogP contribution in [-0.2, 0) is 6.42 Å². The van der Waals surface area contributed by atoms with Crippen molar-refractivity contribution >= 4 is 6.03 Å². The third kappa shape index (κ3) is 3.16. The van der Waals surface area contributed by atoms with Crippen molar-refractivity contribution in [2.24, 2.45) is 5.73 Å². The van der Waals surface area contributed by atoms with Gasteiger partial charge in [-0.15, -0.1) is 0 Å². The second-order valence-electron chi connectivity index (χ2n) is 3.32. The number of carbonyl (C=O) groups is 1. The average Bonchev–Trinajstić information content (AvgIpc) is 2.26. The maximum atomic E-state index is 10.8. The number of benzene rings is 1. The van der Waals surface area contributed by atoms with Crippen molar-refractivity contribution in [2.45, 2.75) is 6.42 Å². The average molecular weight is 208 g/mol. The van der Waals surface area contributed by atoms with Crippen molar-refractivity contribution in [1.29, 1.82) is 0 Å². The standard InChI is InChI=1S/C11H16N2O2/c1-13(11(12)14)8-7-9-5-3-4-6-10(9)15-2/h3-6H,7-8H2,1-2H3,(H2,12,14). The number of amides is 2. The second kappa shape index (κ2) is 5.24. The quantitative estimate of drug-likeness (QED) is 0.809. The van der Waals surface area contributed by atoms with Crippen molar-refractivity contribution in [1.82, 2.24) is 4.90 Å². The lowest BCUT2D eigenvalue weighted by Gasteiger charge is -2.15. The van der Waals surface area contributed by atoms with Crippen LogP contribution in [0.1, 0.15) is 5.56 Å². The molecular formula is C11H16N2O2. The summed E-state index contributed by atoms with van der Waals surface area (Å²) in [4.78, 5) is 12.3. The van der Waals surface area contributed by atoms with Crippen molar-refractivity contribution in [3.63, 3.8) is 0 Å². The van der Waals surface area contributed by atoms with Crippen molar-refractivity contribution in [3.05, 3.63) is 29.8 Å². The maximum Gasteiger partial charge on any atom is 0.314 e. The Morgan fingerprint density at radius 2 is 2.13 bits per heavy atom. The zero-order valence-electron chi connectivity index (χ0n) is 9.06. The molecule has 0 heterocycles. The summed E-state index contributed by atoms with van der Waals surface area (Å²) in [5, 5.41) is 0. The van der Waals surface area contributed by atoms with E-state index >= 15 is 0 Å². The molecule has 0 spiro atoms. The van der Waals surface area contributed by atoms with E-state index in [0.717, 1.165) is 17.7 Å². The summed E-state index contributed by atoms with van der Waals surface area (Å²) >= 11 is 0. The van der Waals surface area contributed by atoms with Crippen LogP contribution in [-0.4, -0.2) is 31.6 Å². The topological polar surface area (TPSA) is 55.6 Å². The lowest BCUT2D eigenvalue weighted by atomic mass is 10.1. The number of para-hydroxylation sites is 1. The van der Waals surface area contributed by atoms with Crippen molar-refractivity contribution < 1.29 is 9.53 Å². The molecule has 0 radical (unpaired) electrons. The first-order valence-corrected chi connectivity index (χ1v) is 4.77. The van der Waals surface area contributed by atoms with Gasteiger partial charge in [0.25, 0.3) is 0 Å². The first kappa shape index (κ1) is 11.4. The third-order valence-corrected chi connectivity index (χ3v) is 2.29. The minimum atomic E-state index is -0.412. The number of nitrogens with zero attached hydrogens (tertiary/aromatic N) is 1. The Labute approximate surface area is 89.6 Å². The monoisotopic (exact) mass is 208 g/mol. The van der Waals surface area contributed by atoms with Crippen LogP contribution in [0.2, 0.25) is 0 Å². The Morgan fingerprint density at radius 1 is 1.47 bits per heavy atom. The molecular weight excluding hydrogens is 192 g/mol. The van der Waals surface area contributed by atoms with Gasteiger partial charge in [-0.25, -0.2) is 4.79 Å². The molecule has 1 rings (SSSR count). The molecule has 0 bridgehead atoms. The molecule has 2 N–H and O–H groups in total. The molecule has 0 aliphatic carbocycles. The number of methoxy groups -OCH3 is 1. The highest BCUT2D eigenvalue weighted by Gasteiger charge is 2.05. The largest absolute Gasteiger partial charge is 0.496 e. The van der Waals surface area contributed by atoms with Gasteiger partial charge in [0.15, 0.2) is 0 Å². The van der Waals surface area contributed by atoms with Crippen LogP contribution in [0.3, 0.4) is 0 Å². The highest BCUT2D eigenvalue weighted by Crippen LogP contribution is 2.17. The first-order valence-electron chi connectivity index (χ1n) is 4.77. The molecule has 0 saturated heterocycles. The maximum absolute atomic E-state index is 10.8. The van der Waals surface area contributed by atoms with Gasteiger partial charge >= 0.3 is 6.03 Å². The number of primary amides is 1. The van der Waals surface area contributed by atoms with E-state index in [9.17, 15) is 4.79 Å². The number of hydrogen-bond donors (Lipinski definition) is 1. The van der Waals surface area contributed by atoms with E-state index in [2.05, 4.69) is 0 Å². The summed E-state index contributed by atoms with van der Waals surface area (Å²) in [5.74, 6) is 0.843. The van der Waals surface area contributed by atoms with E-state index < -0.39 is 6.03 Å². The number of rotatable bonds is 4. The van der Waals surface area contributed by atoms with Gasteiger partial charge in [-0.3, -0.25) is 0 Å². The smallest absolute Gasteiger partial charge is 0.314 e. The van der Waals surface area contributed by atoms with E-state index in [0.29, 0.717) is 6.54 Å². The van der Waals surface area contributed by atoms with Gasteiger partial charge in [0.2, 0.25) is 0 Å². The Hall–Kier alpha value is -1.71. The molecule has 0 aliphatic rings. The van der Waals surface area contributed by atoms with E-state index in [-0.39, 0.29) is 0 Å². The Bertz CT molecular complexity index is 339. The fraction of sp³-hybridized carbons (Fsp3) is 0.364. The number of nitrogens with two attached hydrogens (primary N) is 1. The molecule has 0 unspecified atom stereocenters. The molecule has 1 aromatic carbocycles. The number of ether oxygens (including phenoxy) is 1. The number of carbonyl (C=O) groups excluding carboxylic acids is 1. The summed E-state index contributed by atoms with van der Waals surface area (Å²) in [6, 6.07) is 7.33. The molecule has 4 heteroatoms. The molecule has 0 aliphatic heterocycles. The predicted octanol–water partition coefficient (Wildman–Crippen LogP) is 1.25. The van der Waals surface area contributed by atoms with E-state index in [4.69, 9.17) is 10.5 Å². The molecule has 0 fully saturated rings. The number of likely N-dealkylation sites (N-methyl/N-ethyl adjacent to an activating group) is 1. The zero-order valence-corrected chi connectivity index (χ0v) is 9.06. The van der Waals surface area contributed by atoms with Gasteiger partial charge in [0.1, 0.15) is 5.75 Å². The molecule has 0 atom stereocenters. The van der Waals surface area contributed by atoms with Gasteiger partial charge < -0.3 is 15.4 Å². The van der Waals surface area contributed by atoms with Crippen molar-refractivity contribution in [3.8, 4) is 5.75 Å². The Balaban J connectivity index is 2.60. The van der Waals surface area contributed by atoms with E-state index in [1.807, 2.05) is 24.3 Å². The number of urea groups is 1. The minimum Gasteiger partial charge on any atom is -0.496 e. The highest BCUT2D eigenvalue weighted by molar-refractivity contribution is 5.71. The number of hydrogen-bond acceptors (Lipinski definition) is 2. The lowest BCUT2D eigenvalue weighted by Crippen LogP contribution is -2.33. The van der Waals surface area contributed by atoms with Gasteiger partial charge in [-0.05, 0) is 18.1 Å². The normalized spacial score (nSPS) is 9.73. The van der Waals surface area contributed by atoms with E-state index in [1.165, 1.54) is 4.90 Å². The molecule has 82 valence electrons. The fourth-order valence-corrected chi connectivity index (χ4v) is 1.31. The van der Waals surface area contributed by atoms with Crippen LogP contribution in [0.25, 0.3) is 0 Å². The molecule has 15 heavy (non-hydrogen) atoms. The van der Waals surface area contributed by atoms with Crippen LogP contribution in [0.15, 0.2) is 24.3 Å². The molecule has 0 aromatic heterocycles. The van der Waals surface area contributed by atoms with Crippen LogP contribution < -0.4 is 10.5 Å². The van der Waals surface area contributed by atoms with Gasteiger partial charge in [-0.2, -0.15) is 0 Å². The predicted molar refractivity (Wildman–Crippen MR) is 58.9 cm³/mol. The van der Waals surface area contributed by atoms with Gasteiger partial charge in [-0.1, -0.05) is 18.2 Å². The summed E-state index contributed by atoms with van der Waals surface area (Å²) < 4.78 is 5.20. The molecule has 1 aromatic rings. The van der Waals surface area contributed by atoms with Crippen LogP contribution in [0.5, 0.6) is 5.75 Å². The lowest BCUT2D eigenvalue weighted by molar-refractivity contribution is 0.219. The fourth-order valence-electron chi connectivity index (χ4n) is 1.31. The molecule has 4 nitrogen and oxygen atoms in total. The van der Waals surface area contributed by atoms with Crippen LogP contribution >= 0.6 is 0 Å². The molecule has 2 amide bonds. The molecule has 0 saturated carbocycles. The summed E-state index contributed by atoms with van der Waals surface area (Å²) in [6.07, 6.45) is 0.740. The van der Waals surface area contributed by atoms with Crippen molar-refractivity contribution in [2.75, 3.05) is 20.7 Å². The van der Waals surface area contributed by atoms with Crippen LogP contribution in [0.4, 0.5) is 4.79 Å². The summed E-state index contributed by atoms with van der Waals surface area (Å²) in [7, 11) is 3.31. The SMILES string of the molecule is COc1ccccc1CCN(C)C(N)=O. The van der Waals surface area contributed by atoms with Gasteiger partial charge in [0.05, 0.1) is 7.11 Å². The third-order valence-electron chi connectivity index (χ3n) is 2.29. The van der Waals surface area contributed by atoms with Crippen LogP contribution in [0, 0.1) is 0 Å². The first-order chi connectivity index (χ1) is 7.15. The summed E-state index contributed by atoms with van der Waals surface area (Å²) in [5.41, 5.74) is 6.20. The highest BCUT2D eigenvalue weighted by atomic mass is 16.5. The Kier molecular flexibility index (Phi) is 3.97. The Morgan fingerprint density at radius 3 is 2.73 bits per heavy atom. The zero-order chi connectivity index (χ0) is 11.3. The summed E-state index contributed by atoms with van der Waals surface area (Å²) in [6.45, 7) is 0.593. The minimum absolute atomic E-state index is 0.412. The van der Waals surface area contributed by atoms with E-state index in [1.54, 1.807) is 14.2 Å². The van der Waals surface area contributed by atoms with Gasteiger partial charge in [0, 0.05) is 13.6 Å². The second-order valence-corrected chi connectivity index (χ2v) is 3.32.